The van der Waals surface area contributed by atoms with Gasteiger partial charge in [-0.25, -0.2) is 0 Å². The topological polar surface area (TPSA) is 61.0 Å². The Morgan fingerprint density at radius 3 is 3.26 bits per heavy atom. The number of nitrogens with one attached hydrogen (secondary N) is 2. The second-order valence-corrected chi connectivity index (χ2v) is 5.05. The van der Waals surface area contributed by atoms with Gasteiger partial charge in [0.1, 0.15) is 0 Å². The van der Waals surface area contributed by atoms with Crippen LogP contribution in [0.3, 0.4) is 0 Å². The molecule has 1 aromatic heterocycles. The van der Waals surface area contributed by atoms with Gasteiger partial charge in [-0.1, -0.05) is 0 Å². The van der Waals surface area contributed by atoms with Crippen molar-refractivity contribution in [2.45, 2.75) is 18.9 Å². The van der Waals surface area contributed by atoms with Crippen LogP contribution in [-0.4, -0.2) is 47.2 Å². The summed E-state index contributed by atoms with van der Waals surface area (Å²) in [6, 6.07) is 6.10. The predicted molar refractivity (Wildman–Crippen MR) is 74.1 cm³/mol. The molecule has 100 valence electrons. The summed E-state index contributed by atoms with van der Waals surface area (Å²) < 4.78 is 0. The monoisotopic (exact) mass is 258 g/mol. The number of rotatable bonds is 2. The number of fused-ring (bicyclic) bond motifs is 1. The zero-order valence-electron chi connectivity index (χ0n) is 11.0. The van der Waals surface area contributed by atoms with E-state index in [2.05, 4.69) is 15.5 Å². The number of nitrogens with zero attached hydrogens (tertiary/aromatic N) is 2. The normalized spacial score (nSPS) is 19.8. The molecule has 1 atom stereocenters. The van der Waals surface area contributed by atoms with E-state index < -0.39 is 0 Å². The van der Waals surface area contributed by atoms with Gasteiger partial charge in [0.05, 0.1) is 11.7 Å². The Kier molecular flexibility index (Phi) is 3.21. The Morgan fingerprint density at radius 1 is 1.53 bits per heavy atom. The van der Waals surface area contributed by atoms with Crippen molar-refractivity contribution in [2.75, 3.05) is 20.1 Å². The van der Waals surface area contributed by atoms with E-state index in [-0.39, 0.29) is 5.91 Å². The van der Waals surface area contributed by atoms with Gasteiger partial charge in [-0.3, -0.25) is 9.89 Å². The zero-order valence-corrected chi connectivity index (χ0v) is 11.0. The summed E-state index contributed by atoms with van der Waals surface area (Å²) in [7, 11) is 1.95. The minimum absolute atomic E-state index is 0.114. The van der Waals surface area contributed by atoms with Crippen LogP contribution < -0.4 is 5.32 Å². The maximum atomic E-state index is 12.5. The molecule has 1 aliphatic rings. The number of piperidine rings is 1. The van der Waals surface area contributed by atoms with E-state index in [0.717, 1.165) is 42.4 Å². The average molecular weight is 258 g/mol. The van der Waals surface area contributed by atoms with Crippen LogP contribution in [0.15, 0.2) is 24.4 Å². The summed E-state index contributed by atoms with van der Waals surface area (Å²) in [5, 5.41) is 11.1. The van der Waals surface area contributed by atoms with Crippen LogP contribution in [-0.2, 0) is 0 Å². The van der Waals surface area contributed by atoms with Crippen LogP contribution in [0, 0.1) is 0 Å². The molecule has 0 spiro atoms. The summed E-state index contributed by atoms with van der Waals surface area (Å²) in [4.78, 5) is 14.4. The number of aromatic nitrogens is 2. The van der Waals surface area contributed by atoms with Gasteiger partial charge in [0, 0.05) is 30.1 Å². The summed E-state index contributed by atoms with van der Waals surface area (Å²) in [6.07, 6.45) is 3.95. The molecule has 1 amide bonds. The van der Waals surface area contributed by atoms with Crippen LogP contribution in [0.5, 0.6) is 0 Å². The van der Waals surface area contributed by atoms with E-state index >= 15 is 0 Å². The number of amides is 1. The molecule has 0 saturated carbocycles. The number of carbonyl (C=O) groups excluding carboxylic acids is 1. The third kappa shape index (κ3) is 2.33. The Morgan fingerprint density at radius 2 is 2.42 bits per heavy atom. The largest absolute Gasteiger partial charge is 0.337 e. The van der Waals surface area contributed by atoms with Gasteiger partial charge in [0.15, 0.2) is 0 Å². The highest BCUT2D eigenvalue weighted by atomic mass is 16.2. The molecule has 19 heavy (non-hydrogen) atoms. The summed E-state index contributed by atoms with van der Waals surface area (Å²) >= 11 is 0. The van der Waals surface area contributed by atoms with E-state index in [9.17, 15) is 4.79 Å². The molecule has 2 aromatic rings. The Hall–Kier alpha value is -1.88. The third-order valence-electron chi connectivity index (χ3n) is 3.80. The van der Waals surface area contributed by atoms with Crippen LogP contribution in [0.4, 0.5) is 0 Å². The Bertz CT molecular complexity index is 592. The van der Waals surface area contributed by atoms with Crippen molar-refractivity contribution in [3.05, 3.63) is 30.0 Å². The molecule has 1 saturated heterocycles. The standard InChI is InChI=1S/C14H18N4O/c1-15-12-3-2-6-18(9-12)14(19)10-4-5-13-11(7-10)8-16-17-13/h4-5,7-8,12,15H,2-3,6,9H2,1H3,(H,16,17)/t12-/m0/s1. The lowest BCUT2D eigenvalue weighted by atomic mass is 10.0. The number of aromatic amines is 1. The molecule has 1 aromatic carbocycles. The smallest absolute Gasteiger partial charge is 0.253 e. The van der Waals surface area contributed by atoms with Gasteiger partial charge in [0.25, 0.3) is 5.91 Å². The number of H-pyrrole nitrogens is 1. The number of carbonyl (C=O) groups is 1. The van der Waals surface area contributed by atoms with Gasteiger partial charge in [-0.15, -0.1) is 0 Å². The molecule has 0 bridgehead atoms. The molecule has 2 heterocycles. The van der Waals surface area contributed by atoms with Crippen molar-refractivity contribution in [1.82, 2.24) is 20.4 Å². The lowest BCUT2D eigenvalue weighted by Gasteiger charge is -2.32. The molecule has 5 nitrogen and oxygen atoms in total. The Labute approximate surface area is 112 Å². The highest BCUT2D eigenvalue weighted by Crippen LogP contribution is 2.17. The molecule has 0 radical (unpaired) electrons. The van der Waals surface area contributed by atoms with Crippen molar-refractivity contribution < 1.29 is 4.79 Å². The van der Waals surface area contributed by atoms with E-state index in [1.807, 2.05) is 30.1 Å². The quantitative estimate of drug-likeness (QED) is 0.855. The lowest BCUT2D eigenvalue weighted by Crippen LogP contribution is -2.46. The van der Waals surface area contributed by atoms with Gasteiger partial charge in [-0.05, 0) is 38.1 Å². The predicted octanol–water partition coefficient (Wildman–Crippen LogP) is 1.39. The van der Waals surface area contributed by atoms with Gasteiger partial charge in [0.2, 0.25) is 0 Å². The van der Waals surface area contributed by atoms with E-state index in [0.29, 0.717) is 6.04 Å². The second kappa shape index (κ2) is 5.01. The molecule has 1 aliphatic heterocycles. The average Bonchev–Trinajstić information content (AvgIpc) is 2.94. The van der Waals surface area contributed by atoms with Crippen molar-refractivity contribution in [3.63, 3.8) is 0 Å². The first-order chi connectivity index (χ1) is 9.28. The number of likely N-dealkylation sites (tertiary alicyclic amines) is 1. The summed E-state index contributed by atoms with van der Waals surface area (Å²) in [5.41, 5.74) is 1.70. The van der Waals surface area contributed by atoms with Crippen molar-refractivity contribution in [3.8, 4) is 0 Å². The van der Waals surface area contributed by atoms with E-state index in [4.69, 9.17) is 0 Å². The molecule has 2 N–H and O–H groups in total. The molecule has 0 aliphatic carbocycles. The molecule has 5 heteroatoms. The van der Waals surface area contributed by atoms with Crippen molar-refractivity contribution in [1.29, 1.82) is 0 Å². The van der Waals surface area contributed by atoms with Crippen LogP contribution in [0.1, 0.15) is 23.2 Å². The highest BCUT2D eigenvalue weighted by molar-refractivity contribution is 5.97. The number of hydrogen-bond acceptors (Lipinski definition) is 3. The summed E-state index contributed by atoms with van der Waals surface area (Å²) in [6.45, 7) is 1.64. The number of likely N-dealkylation sites (N-methyl/N-ethyl adjacent to an activating group) is 1. The van der Waals surface area contributed by atoms with E-state index in [1.54, 1.807) is 6.20 Å². The SMILES string of the molecule is CN[C@H]1CCCN(C(=O)c2ccc3[nH]ncc3c2)C1. The minimum atomic E-state index is 0.114. The van der Waals surface area contributed by atoms with Gasteiger partial charge in [-0.2, -0.15) is 5.10 Å². The summed E-state index contributed by atoms with van der Waals surface area (Å²) in [5.74, 6) is 0.114. The fourth-order valence-corrected chi connectivity index (χ4v) is 2.66. The first-order valence-electron chi connectivity index (χ1n) is 6.67. The van der Waals surface area contributed by atoms with Gasteiger partial charge >= 0.3 is 0 Å². The van der Waals surface area contributed by atoms with Crippen molar-refractivity contribution >= 4 is 16.8 Å². The van der Waals surface area contributed by atoms with Crippen LogP contribution in [0.2, 0.25) is 0 Å². The lowest BCUT2D eigenvalue weighted by molar-refractivity contribution is 0.0698. The molecular formula is C14H18N4O. The molecule has 1 fully saturated rings. The first-order valence-corrected chi connectivity index (χ1v) is 6.67. The Balaban J connectivity index is 1.82. The number of hydrogen-bond donors (Lipinski definition) is 2. The minimum Gasteiger partial charge on any atom is -0.337 e. The maximum Gasteiger partial charge on any atom is 0.253 e. The van der Waals surface area contributed by atoms with E-state index in [1.165, 1.54) is 0 Å². The van der Waals surface area contributed by atoms with Crippen LogP contribution in [0.25, 0.3) is 10.9 Å². The molecule has 0 unspecified atom stereocenters. The van der Waals surface area contributed by atoms with Crippen LogP contribution >= 0.6 is 0 Å². The first kappa shape index (κ1) is 12.2. The molecular weight excluding hydrogens is 240 g/mol. The fourth-order valence-electron chi connectivity index (χ4n) is 2.66. The fraction of sp³-hybridized carbons (Fsp3) is 0.429. The van der Waals surface area contributed by atoms with Gasteiger partial charge < -0.3 is 10.2 Å². The zero-order chi connectivity index (χ0) is 13.2. The number of benzene rings is 1. The second-order valence-electron chi connectivity index (χ2n) is 5.05. The maximum absolute atomic E-state index is 12.5. The third-order valence-corrected chi connectivity index (χ3v) is 3.80. The van der Waals surface area contributed by atoms with Crippen molar-refractivity contribution in [2.24, 2.45) is 0 Å². The highest BCUT2D eigenvalue weighted by Gasteiger charge is 2.23. The molecule has 3 rings (SSSR count).